The van der Waals surface area contributed by atoms with Gasteiger partial charge in [0.25, 0.3) is 0 Å². The van der Waals surface area contributed by atoms with E-state index in [1.807, 2.05) is 20.8 Å². The Balaban J connectivity index is 1.94. The molecule has 0 aliphatic carbocycles. The van der Waals surface area contributed by atoms with Crippen LogP contribution in [0, 0.1) is 0 Å². The van der Waals surface area contributed by atoms with Gasteiger partial charge in [0, 0.05) is 61.1 Å². The fraction of sp³-hybridized carbons (Fsp3) is 0.542. The molecule has 2 heterocycles. The van der Waals surface area contributed by atoms with Gasteiger partial charge in [0.15, 0.2) is 0 Å². The lowest BCUT2D eigenvalue weighted by Gasteiger charge is -2.40. The van der Waals surface area contributed by atoms with E-state index in [0.717, 1.165) is 0 Å². The average Bonchev–Trinajstić information content (AvgIpc) is 2.79. The Morgan fingerprint density at radius 1 is 1.17 bits per heavy atom. The van der Waals surface area contributed by atoms with Crippen LogP contribution in [0.5, 0.6) is 0 Å². The molecule has 2 N–H and O–H groups in total. The molecule has 9 nitrogen and oxygen atoms in total. The van der Waals surface area contributed by atoms with E-state index in [9.17, 15) is 14.4 Å². The van der Waals surface area contributed by atoms with Crippen molar-refractivity contribution in [3.8, 4) is 0 Å². The molecular formula is C24H33Cl2N5O4. The number of halogens is 2. The van der Waals surface area contributed by atoms with Crippen molar-refractivity contribution in [2.75, 3.05) is 45.9 Å². The van der Waals surface area contributed by atoms with Crippen LogP contribution < -0.4 is 10.6 Å². The molecule has 1 atom stereocenters. The summed E-state index contributed by atoms with van der Waals surface area (Å²) in [5.41, 5.74) is 1.49. The second-order valence-electron chi connectivity index (χ2n) is 8.74. The first-order valence-electron chi connectivity index (χ1n) is 11.9. The molecule has 1 aromatic rings. The van der Waals surface area contributed by atoms with Gasteiger partial charge in [-0.05, 0) is 45.4 Å². The number of piperazine rings is 1. The third kappa shape index (κ3) is 6.39. The number of carbonyl (C=O) groups excluding carboxylic acids is 3. The van der Waals surface area contributed by atoms with Gasteiger partial charge < -0.3 is 20.3 Å². The molecule has 0 saturated carbocycles. The number of esters is 1. The fourth-order valence-electron chi connectivity index (χ4n) is 4.29. The van der Waals surface area contributed by atoms with Crippen molar-refractivity contribution in [3.05, 3.63) is 45.1 Å². The summed E-state index contributed by atoms with van der Waals surface area (Å²) in [6.07, 6.45) is 0. The Morgan fingerprint density at radius 3 is 2.43 bits per heavy atom. The number of carbonyl (C=O) groups is 3. The molecule has 0 spiro atoms. The monoisotopic (exact) mass is 525 g/mol. The summed E-state index contributed by atoms with van der Waals surface area (Å²) in [7, 11) is 0. The van der Waals surface area contributed by atoms with Crippen LogP contribution >= 0.6 is 23.2 Å². The SMILES string of the molecule is CCOC(=O)C1=C(CN2CCN(C(=O)NC(C)C)CC2)N(CC)C(=O)N[C@@H]1c1ccc(Cl)cc1Cl. The molecule has 192 valence electrons. The Labute approximate surface area is 216 Å². The Bertz CT molecular complexity index is 992. The summed E-state index contributed by atoms with van der Waals surface area (Å²) in [6, 6.07) is 3.85. The number of urea groups is 2. The maximum Gasteiger partial charge on any atom is 0.338 e. The molecule has 0 radical (unpaired) electrons. The van der Waals surface area contributed by atoms with Gasteiger partial charge in [0.2, 0.25) is 0 Å². The number of ether oxygens (including phenoxy) is 1. The van der Waals surface area contributed by atoms with Crippen LogP contribution in [-0.4, -0.2) is 84.6 Å². The molecule has 0 unspecified atom stereocenters. The van der Waals surface area contributed by atoms with Gasteiger partial charge in [-0.15, -0.1) is 0 Å². The number of likely N-dealkylation sites (N-methyl/N-ethyl adjacent to an activating group) is 1. The molecule has 2 aliphatic rings. The third-order valence-corrected chi connectivity index (χ3v) is 6.53. The van der Waals surface area contributed by atoms with Crippen molar-refractivity contribution in [3.63, 3.8) is 0 Å². The second kappa shape index (κ2) is 12.0. The summed E-state index contributed by atoms with van der Waals surface area (Å²) in [4.78, 5) is 44.1. The lowest BCUT2D eigenvalue weighted by Crippen LogP contribution is -2.55. The van der Waals surface area contributed by atoms with Gasteiger partial charge in [-0.1, -0.05) is 29.3 Å². The minimum atomic E-state index is -0.776. The van der Waals surface area contributed by atoms with Gasteiger partial charge in [0.05, 0.1) is 18.2 Å². The highest BCUT2D eigenvalue weighted by Gasteiger charge is 2.39. The van der Waals surface area contributed by atoms with Crippen LogP contribution in [0.4, 0.5) is 9.59 Å². The number of amides is 4. The predicted octanol–water partition coefficient (Wildman–Crippen LogP) is 3.63. The maximum absolute atomic E-state index is 13.2. The lowest BCUT2D eigenvalue weighted by atomic mass is 9.94. The van der Waals surface area contributed by atoms with Crippen molar-refractivity contribution in [2.24, 2.45) is 0 Å². The number of nitrogens with one attached hydrogen (secondary N) is 2. The molecule has 0 bridgehead atoms. The summed E-state index contributed by atoms with van der Waals surface area (Å²) in [5, 5.41) is 6.63. The topological polar surface area (TPSA) is 94.2 Å². The first kappa shape index (κ1) is 27.1. The minimum Gasteiger partial charge on any atom is -0.463 e. The molecule has 1 saturated heterocycles. The van der Waals surface area contributed by atoms with Crippen LogP contribution in [-0.2, 0) is 9.53 Å². The fourth-order valence-corrected chi connectivity index (χ4v) is 4.80. The van der Waals surface area contributed by atoms with Crippen LogP contribution in [0.1, 0.15) is 39.3 Å². The summed E-state index contributed by atoms with van der Waals surface area (Å²) >= 11 is 12.5. The smallest absolute Gasteiger partial charge is 0.338 e. The van der Waals surface area contributed by atoms with Crippen molar-refractivity contribution >= 4 is 41.2 Å². The molecule has 0 aromatic heterocycles. The van der Waals surface area contributed by atoms with Crippen LogP contribution in [0.15, 0.2) is 29.5 Å². The lowest BCUT2D eigenvalue weighted by molar-refractivity contribution is -0.139. The average molecular weight is 526 g/mol. The molecule has 35 heavy (non-hydrogen) atoms. The van der Waals surface area contributed by atoms with Crippen LogP contribution in [0.3, 0.4) is 0 Å². The van der Waals surface area contributed by atoms with Crippen molar-refractivity contribution in [2.45, 2.75) is 39.8 Å². The van der Waals surface area contributed by atoms with E-state index < -0.39 is 12.0 Å². The first-order chi connectivity index (χ1) is 16.7. The van der Waals surface area contributed by atoms with E-state index in [1.54, 1.807) is 34.9 Å². The first-order valence-corrected chi connectivity index (χ1v) is 12.6. The normalized spacial score (nSPS) is 19.2. The van der Waals surface area contributed by atoms with Crippen molar-refractivity contribution in [1.29, 1.82) is 0 Å². The summed E-state index contributed by atoms with van der Waals surface area (Å²) in [6.45, 7) is 10.7. The maximum atomic E-state index is 13.2. The molecule has 11 heteroatoms. The van der Waals surface area contributed by atoms with Crippen molar-refractivity contribution < 1.29 is 19.1 Å². The van der Waals surface area contributed by atoms with Gasteiger partial charge in [-0.25, -0.2) is 14.4 Å². The Kier molecular flexibility index (Phi) is 9.27. The number of rotatable bonds is 7. The van der Waals surface area contributed by atoms with Crippen LogP contribution in [0.2, 0.25) is 10.0 Å². The van der Waals surface area contributed by atoms with E-state index >= 15 is 0 Å². The zero-order valence-corrected chi connectivity index (χ0v) is 22.1. The third-order valence-electron chi connectivity index (χ3n) is 5.97. The van der Waals surface area contributed by atoms with Gasteiger partial charge >= 0.3 is 18.0 Å². The van der Waals surface area contributed by atoms with Gasteiger partial charge in [0.1, 0.15) is 0 Å². The van der Waals surface area contributed by atoms with E-state index in [2.05, 4.69) is 15.5 Å². The zero-order chi connectivity index (χ0) is 25.7. The summed E-state index contributed by atoms with van der Waals surface area (Å²) < 4.78 is 5.41. The Morgan fingerprint density at radius 2 is 1.86 bits per heavy atom. The molecular weight excluding hydrogens is 493 g/mol. The molecule has 3 rings (SSSR count). The second-order valence-corrected chi connectivity index (χ2v) is 9.58. The van der Waals surface area contributed by atoms with Crippen molar-refractivity contribution in [1.82, 2.24) is 25.3 Å². The van der Waals surface area contributed by atoms with E-state index in [0.29, 0.717) is 66.1 Å². The van der Waals surface area contributed by atoms with Gasteiger partial charge in [-0.3, -0.25) is 9.80 Å². The van der Waals surface area contributed by atoms with E-state index in [1.165, 1.54) is 0 Å². The minimum absolute atomic E-state index is 0.0633. The number of hydrogen-bond acceptors (Lipinski definition) is 5. The molecule has 1 fully saturated rings. The van der Waals surface area contributed by atoms with Crippen LogP contribution in [0.25, 0.3) is 0 Å². The molecule has 1 aromatic carbocycles. The Hall–Kier alpha value is -2.49. The number of hydrogen-bond donors (Lipinski definition) is 2. The number of nitrogens with zero attached hydrogens (tertiary/aromatic N) is 3. The summed E-state index contributed by atoms with van der Waals surface area (Å²) in [5.74, 6) is -0.507. The van der Waals surface area contributed by atoms with Gasteiger partial charge in [-0.2, -0.15) is 0 Å². The largest absolute Gasteiger partial charge is 0.463 e. The highest BCUT2D eigenvalue weighted by atomic mass is 35.5. The van der Waals surface area contributed by atoms with E-state index in [-0.39, 0.29) is 24.7 Å². The molecule has 4 amide bonds. The van der Waals surface area contributed by atoms with E-state index in [4.69, 9.17) is 27.9 Å². The zero-order valence-electron chi connectivity index (χ0n) is 20.6. The highest BCUT2D eigenvalue weighted by molar-refractivity contribution is 6.35. The predicted molar refractivity (Wildman–Crippen MR) is 135 cm³/mol. The standard InChI is InChI=1S/C24H33Cl2N5O4/c1-5-31-19(14-29-9-11-30(12-10-29)23(33)27-15(3)4)20(22(32)35-6-2)21(28-24(31)34)17-8-7-16(25)13-18(17)26/h7-8,13,15,21H,5-6,9-12,14H2,1-4H3,(H,27,33)(H,28,34)/t21-/m1/s1. The highest BCUT2D eigenvalue weighted by Crippen LogP contribution is 2.36. The number of benzene rings is 1. The molecule has 2 aliphatic heterocycles. The quantitative estimate of drug-likeness (QED) is 0.530.